The van der Waals surface area contributed by atoms with Gasteiger partial charge in [0.25, 0.3) is 5.56 Å². The van der Waals surface area contributed by atoms with Gasteiger partial charge in [-0.15, -0.1) is 0 Å². The summed E-state index contributed by atoms with van der Waals surface area (Å²) in [5.74, 6) is 0.815. The SMILES string of the molecule is COc1ccc(C(=O)COc2cccn3c(=O)c(-c4cc(C)n(-c5cccc(C)c5)n4)c(C)nc23)cc1. The van der Waals surface area contributed by atoms with Crippen molar-refractivity contribution in [2.45, 2.75) is 20.8 Å². The highest BCUT2D eigenvalue weighted by atomic mass is 16.5. The van der Waals surface area contributed by atoms with Crippen molar-refractivity contribution in [3.8, 4) is 28.4 Å². The molecule has 0 aliphatic rings. The van der Waals surface area contributed by atoms with Crippen LogP contribution in [0.1, 0.15) is 27.3 Å². The first kappa shape index (κ1) is 24.0. The first-order valence-corrected chi connectivity index (χ1v) is 11.8. The highest BCUT2D eigenvalue weighted by Crippen LogP contribution is 2.24. The number of nitrogens with zero attached hydrogens (tertiary/aromatic N) is 4. The number of hydrogen-bond donors (Lipinski definition) is 0. The summed E-state index contributed by atoms with van der Waals surface area (Å²) in [5.41, 5.74) is 5.01. The van der Waals surface area contributed by atoms with Crippen LogP contribution in [0, 0.1) is 20.8 Å². The molecular weight excluding hydrogens is 468 g/mol. The van der Waals surface area contributed by atoms with E-state index in [1.165, 1.54) is 4.40 Å². The van der Waals surface area contributed by atoms with Crippen molar-refractivity contribution in [2.75, 3.05) is 13.7 Å². The largest absolute Gasteiger partial charge is 0.497 e. The van der Waals surface area contributed by atoms with Crippen molar-refractivity contribution in [1.82, 2.24) is 19.2 Å². The number of pyridine rings is 1. The van der Waals surface area contributed by atoms with Crippen LogP contribution >= 0.6 is 0 Å². The second kappa shape index (κ2) is 9.73. The Morgan fingerprint density at radius 1 is 0.973 bits per heavy atom. The summed E-state index contributed by atoms with van der Waals surface area (Å²) < 4.78 is 14.2. The fourth-order valence-electron chi connectivity index (χ4n) is 4.27. The third-order valence-corrected chi connectivity index (χ3v) is 6.16. The van der Waals surface area contributed by atoms with Gasteiger partial charge < -0.3 is 9.47 Å². The first-order valence-electron chi connectivity index (χ1n) is 11.8. The van der Waals surface area contributed by atoms with Crippen molar-refractivity contribution in [2.24, 2.45) is 0 Å². The minimum Gasteiger partial charge on any atom is -0.497 e. The van der Waals surface area contributed by atoms with E-state index in [1.807, 2.05) is 48.9 Å². The van der Waals surface area contributed by atoms with Crippen molar-refractivity contribution in [3.05, 3.63) is 106 Å². The summed E-state index contributed by atoms with van der Waals surface area (Å²) in [6.07, 6.45) is 1.64. The molecule has 2 aromatic carbocycles. The Morgan fingerprint density at radius 2 is 1.76 bits per heavy atom. The van der Waals surface area contributed by atoms with E-state index in [0.717, 1.165) is 16.9 Å². The quantitative estimate of drug-likeness (QED) is 0.304. The van der Waals surface area contributed by atoms with E-state index >= 15 is 0 Å². The molecule has 0 amide bonds. The predicted octanol–water partition coefficient (Wildman–Crippen LogP) is 4.74. The van der Waals surface area contributed by atoms with Gasteiger partial charge in [-0.05, 0) is 80.9 Å². The zero-order valence-electron chi connectivity index (χ0n) is 21.1. The number of aromatic nitrogens is 4. The number of hydrogen-bond acceptors (Lipinski definition) is 6. The lowest BCUT2D eigenvalue weighted by Gasteiger charge is -2.11. The molecule has 0 aliphatic heterocycles. The molecule has 0 radical (unpaired) electrons. The second-order valence-electron chi connectivity index (χ2n) is 8.81. The van der Waals surface area contributed by atoms with Gasteiger partial charge in [0.1, 0.15) is 11.4 Å². The van der Waals surface area contributed by atoms with Gasteiger partial charge in [0.05, 0.1) is 24.1 Å². The maximum absolute atomic E-state index is 13.6. The minimum atomic E-state index is -0.261. The standard InChI is InChI=1S/C29H26N4O4/c1-18-7-5-8-22(15-18)33-19(2)16-24(31-33)27-20(3)30-28-26(9-6-14-32(28)29(27)35)37-17-25(34)21-10-12-23(36-4)13-11-21/h5-16H,17H2,1-4H3. The molecule has 8 heteroatoms. The second-order valence-corrected chi connectivity index (χ2v) is 8.81. The van der Waals surface area contributed by atoms with Gasteiger partial charge in [-0.25, -0.2) is 9.67 Å². The van der Waals surface area contributed by atoms with E-state index < -0.39 is 0 Å². The third-order valence-electron chi connectivity index (χ3n) is 6.16. The summed E-state index contributed by atoms with van der Waals surface area (Å²) >= 11 is 0. The highest BCUT2D eigenvalue weighted by molar-refractivity contribution is 5.97. The molecule has 8 nitrogen and oxygen atoms in total. The van der Waals surface area contributed by atoms with Crippen LogP contribution in [-0.2, 0) is 0 Å². The number of fused-ring (bicyclic) bond motifs is 1. The van der Waals surface area contributed by atoms with E-state index in [9.17, 15) is 9.59 Å². The molecule has 5 aromatic rings. The Kier molecular flexibility index (Phi) is 6.31. The number of rotatable bonds is 7. The third kappa shape index (κ3) is 4.61. The van der Waals surface area contributed by atoms with Crippen molar-refractivity contribution >= 4 is 11.4 Å². The first-order chi connectivity index (χ1) is 17.9. The predicted molar refractivity (Wildman–Crippen MR) is 141 cm³/mol. The monoisotopic (exact) mass is 494 g/mol. The van der Waals surface area contributed by atoms with Crippen molar-refractivity contribution < 1.29 is 14.3 Å². The average Bonchev–Trinajstić information content (AvgIpc) is 3.28. The number of ketones is 1. The van der Waals surface area contributed by atoms with Gasteiger partial charge in [-0.1, -0.05) is 12.1 Å². The van der Waals surface area contributed by atoms with Gasteiger partial charge in [-0.2, -0.15) is 5.10 Å². The van der Waals surface area contributed by atoms with Crippen LogP contribution in [0.3, 0.4) is 0 Å². The number of carbonyl (C=O) groups excluding carboxylic acids is 1. The van der Waals surface area contributed by atoms with Crippen LogP contribution < -0.4 is 15.0 Å². The topological polar surface area (TPSA) is 87.7 Å². The Bertz CT molecular complexity index is 1680. The summed E-state index contributed by atoms with van der Waals surface area (Å²) in [6, 6.07) is 20.1. The van der Waals surface area contributed by atoms with Gasteiger partial charge >= 0.3 is 0 Å². The molecular formula is C29H26N4O4. The van der Waals surface area contributed by atoms with E-state index in [-0.39, 0.29) is 17.9 Å². The highest BCUT2D eigenvalue weighted by Gasteiger charge is 2.19. The Labute approximate surface area is 213 Å². The lowest BCUT2D eigenvalue weighted by atomic mass is 10.1. The average molecular weight is 495 g/mol. The van der Waals surface area contributed by atoms with Gasteiger partial charge in [0, 0.05) is 17.5 Å². The lowest BCUT2D eigenvalue weighted by Crippen LogP contribution is -2.20. The number of methoxy groups -OCH3 is 1. The van der Waals surface area contributed by atoms with Crippen LogP contribution in [0.5, 0.6) is 11.5 Å². The molecule has 0 saturated carbocycles. The molecule has 0 N–H and O–H groups in total. The van der Waals surface area contributed by atoms with Gasteiger partial charge in [0.2, 0.25) is 0 Å². The number of carbonyl (C=O) groups is 1. The molecule has 0 fully saturated rings. The molecule has 37 heavy (non-hydrogen) atoms. The summed E-state index contributed by atoms with van der Waals surface area (Å²) in [7, 11) is 1.57. The fourth-order valence-corrected chi connectivity index (χ4v) is 4.27. The number of Topliss-reactive ketones (excluding diaryl/α,β-unsaturated/α-hetero) is 1. The van der Waals surface area contributed by atoms with Crippen molar-refractivity contribution in [3.63, 3.8) is 0 Å². The molecule has 0 aliphatic carbocycles. The molecule has 3 aromatic heterocycles. The summed E-state index contributed by atoms with van der Waals surface area (Å²) in [5, 5.41) is 4.73. The molecule has 3 heterocycles. The molecule has 0 unspecified atom stereocenters. The van der Waals surface area contributed by atoms with E-state index in [0.29, 0.717) is 39.7 Å². The van der Waals surface area contributed by atoms with Crippen LogP contribution in [0.15, 0.2) is 77.7 Å². The maximum Gasteiger partial charge on any atom is 0.267 e. The number of ether oxygens (including phenoxy) is 2. The molecule has 0 atom stereocenters. The Balaban J connectivity index is 1.48. The Morgan fingerprint density at radius 3 is 2.49 bits per heavy atom. The van der Waals surface area contributed by atoms with Crippen LogP contribution in [0.2, 0.25) is 0 Å². The molecule has 0 saturated heterocycles. The summed E-state index contributed by atoms with van der Waals surface area (Å²) in [4.78, 5) is 30.9. The fraction of sp³-hybridized carbons (Fsp3) is 0.172. The zero-order valence-corrected chi connectivity index (χ0v) is 21.1. The molecule has 0 bridgehead atoms. The lowest BCUT2D eigenvalue weighted by molar-refractivity contribution is 0.0922. The summed E-state index contributed by atoms with van der Waals surface area (Å²) in [6.45, 7) is 5.56. The normalized spacial score (nSPS) is 11.0. The van der Waals surface area contributed by atoms with E-state index in [2.05, 4.69) is 4.98 Å². The van der Waals surface area contributed by atoms with Gasteiger partial charge in [-0.3, -0.25) is 14.0 Å². The van der Waals surface area contributed by atoms with E-state index in [4.69, 9.17) is 14.6 Å². The zero-order chi connectivity index (χ0) is 26.1. The Hall–Kier alpha value is -4.72. The maximum atomic E-state index is 13.6. The molecule has 0 spiro atoms. The smallest absolute Gasteiger partial charge is 0.267 e. The molecule has 5 rings (SSSR count). The number of benzene rings is 2. The van der Waals surface area contributed by atoms with E-state index in [1.54, 1.807) is 56.6 Å². The van der Waals surface area contributed by atoms with Crippen molar-refractivity contribution in [1.29, 1.82) is 0 Å². The minimum absolute atomic E-state index is 0.192. The van der Waals surface area contributed by atoms with Crippen LogP contribution in [0.4, 0.5) is 0 Å². The van der Waals surface area contributed by atoms with Crippen LogP contribution in [-0.4, -0.2) is 38.7 Å². The molecule has 186 valence electrons. The van der Waals surface area contributed by atoms with Gasteiger partial charge in [0.15, 0.2) is 23.8 Å². The van der Waals surface area contributed by atoms with Crippen LogP contribution in [0.25, 0.3) is 22.6 Å². The number of aryl methyl sites for hydroxylation is 3.